The molecule has 0 spiro atoms. The third-order valence-corrected chi connectivity index (χ3v) is 5.25. The van der Waals surface area contributed by atoms with Crippen molar-refractivity contribution in [3.63, 3.8) is 0 Å². The van der Waals surface area contributed by atoms with Gasteiger partial charge < -0.3 is 14.9 Å². The van der Waals surface area contributed by atoms with Crippen molar-refractivity contribution in [2.75, 3.05) is 26.2 Å². The first-order valence-corrected chi connectivity index (χ1v) is 9.04. The second-order valence-corrected chi connectivity index (χ2v) is 7.39. The van der Waals surface area contributed by atoms with E-state index in [1.54, 1.807) is 0 Å². The van der Waals surface area contributed by atoms with Gasteiger partial charge in [-0.3, -0.25) is 4.79 Å². The van der Waals surface area contributed by atoms with E-state index in [-0.39, 0.29) is 0 Å². The minimum absolute atomic E-state index is 0.396. The van der Waals surface area contributed by atoms with Gasteiger partial charge in [-0.05, 0) is 17.7 Å². The van der Waals surface area contributed by atoms with Gasteiger partial charge >= 0.3 is 6.18 Å². The predicted octanol–water partition coefficient (Wildman–Crippen LogP) is 1.77. The van der Waals surface area contributed by atoms with Crippen LogP contribution in [0.15, 0.2) is 42.5 Å². The monoisotopic (exact) mass is 381 g/mol. The molecule has 146 valence electrons. The predicted molar refractivity (Wildman–Crippen MR) is 96.2 cm³/mol. The third-order valence-electron chi connectivity index (χ3n) is 5.25. The van der Waals surface area contributed by atoms with Gasteiger partial charge in [0, 0.05) is 5.56 Å². The number of hydrogen-bond acceptors (Lipinski definition) is 2. The van der Waals surface area contributed by atoms with Crippen molar-refractivity contribution in [3.8, 4) is 0 Å². The Morgan fingerprint density at radius 1 is 1.11 bits per heavy atom. The molecule has 7 heteroatoms. The first kappa shape index (κ1) is 19.6. The quantitative estimate of drug-likeness (QED) is 0.848. The number of piperazine rings is 1. The van der Waals surface area contributed by atoms with Crippen LogP contribution in [0, 0.1) is 0 Å². The van der Waals surface area contributed by atoms with Crippen molar-refractivity contribution < 1.29 is 28.0 Å². The highest BCUT2D eigenvalue weighted by molar-refractivity contribution is 5.85. The molecule has 1 amide bonds. The van der Waals surface area contributed by atoms with Gasteiger partial charge in [0.1, 0.15) is 6.54 Å². The molecule has 0 radical (unpaired) electrons. The van der Waals surface area contributed by atoms with Crippen molar-refractivity contribution in [1.82, 2.24) is 4.90 Å². The molecule has 0 saturated carbocycles. The molecule has 4 nitrogen and oxygen atoms in total. The lowest BCUT2D eigenvalue weighted by atomic mass is 10.0. The first-order valence-electron chi connectivity index (χ1n) is 9.04. The topological polar surface area (TPSA) is 45.0 Å². The van der Waals surface area contributed by atoms with Crippen molar-refractivity contribution in [2.24, 2.45) is 0 Å². The van der Waals surface area contributed by atoms with Crippen LogP contribution in [0.25, 0.3) is 10.8 Å². The number of quaternary nitrogens is 1. The SMILES string of the molecule is C[C@@](O)(CC(=O)N1CC[NH+](Cc2cccc3ccccc23)CC1)C(F)(F)F. The van der Waals surface area contributed by atoms with E-state index in [9.17, 15) is 23.1 Å². The fourth-order valence-electron chi connectivity index (χ4n) is 3.47. The second kappa shape index (κ2) is 7.48. The van der Waals surface area contributed by atoms with Crippen LogP contribution < -0.4 is 4.90 Å². The maximum atomic E-state index is 12.8. The zero-order valence-electron chi connectivity index (χ0n) is 15.2. The minimum atomic E-state index is -4.82. The highest BCUT2D eigenvalue weighted by atomic mass is 19.4. The summed E-state index contributed by atoms with van der Waals surface area (Å²) >= 11 is 0. The summed E-state index contributed by atoms with van der Waals surface area (Å²) in [6.45, 7) is 3.59. The minimum Gasteiger partial charge on any atom is -0.380 e. The van der Waals surface area contributed by atoms with Crippen molar-refractivity contribution >= 4 is 16.7 Å². The van der Waals surface area contributed by atoms with Crippen LogP contribution in [-0.4, -0.2) is 53.9 Å². The van der Waals surface area contributed by atoms with E-state index in [1.807, 2.05) is 18.2 Å². The molecule has 2 aromatic carbocycles. The van der Waals surface area contributed by atoms with Gasteiger partial charge in [-0.25, -0.2) is 0 Å². The van der Waals surface area contributed by atoms with E-state index >= 15 is 0 Å². The molecule has 1 atom stereocenters. The molecule has 2 aromatic rings. The van der Waals surface area contributed by atoms with Crippen LogP contribution in [0.1, 0.15) is 18.9 Å². The van der Waals surface area contributed by atoms with E-state index in [2.05, 4.69) is 24.3 Å². The van der Waals surface area contributed by atoms with Crippen LogP contribution in [0.3, 0.4) is 0 Å². The van der Waals surface area contributed by atoms with Crippen molar-refractivity contribution in [2.45, 2.75) is 31.7 Å². The van der Waals surface area contributed by atoms with Crippen LogP contribution in [0.5, 0.6) is 0 Å². The molecule has 1 aliphatic rings. The summed E-state index contributed by atoms with van der Waals surface area (Å²) < 4.78 is 38.3. The first-order chi connectivity index (χ1) is 12.7. The molecule has 0 aliphatic carbocycles. The zero-order valence-corrected chi connectivity index (χ0v) is 15.2. The number of amides is 1. The Kier molecular flexibility index (Phi) is 5.44. The summed E-state index contributed by atoms with van der Waals surface area (Å²) in [5.74, 6) is -0.651. The summed E-state index contributed by atoms with van der Waals surface area (Å²) in [4.78, 5) is 14.9. The Hall–Kier alpha value is -2.12. The number of alkyl halides is 3. The molecular formula is C20H24F3N2O2+. The lowest BCUT2D eigenvalue weighted by molar-refractivity contribution is -0.917. The van der Waals surface area contributed by atoms with Gasteiger partial charge in [0.15, 0.2) is 5.60 Å². The number of rotatable bonds is 4. The van der Waals surface area contributed by atoms with Gasteiger partial charge in [-0.2, -0.15) is 13.2 Å². The summed E-state index contributed by atoms with van der Waals surface area (Å²) in [7, 11) is 0. The number of fused-ring (bicyclic) bond motifs is 1. The van der Waals surface area contributed by atoms with Gasteiger partial charge in [0.2, 0.25) is 5.91 Å². The molecule has 1 saturated heterocycles. The molecule has 1 fully saturated rings. The normalized spacial score (nSPS) is 18.5. The Bertz CT molecular complexity index is 807. The number of carbonyl (C=O) groups is 1. The molecule has 0 bridgehead atoms. The number of carbonyl (C=O) groups excluding carboxylic acids is 1. The molecule has 2 N–H and O–H groups in total. The lowest BCUT2D eigenvalue weighted by Gasteiger charge is -2.34. The van der Waals surface area contributed by atoms with Gasteiger partial charge in [0.25, 0.3) is 0 Å². The molecule has 0 unspecified atom stereocenters. The molecule has 27 heavy (non-hydrogen) atoms. The number of nitrogens with zero attached hydrogens (tertiary/aromatic N) is 1. The molecule has 3 rings (SSSR count). The van der Waals surface area contributed by atoms with Gasteiger partial charge in [-0.1, -0.05) is 42.5 Å². The Morgan fingerprint density at radius 2 is 1.74 bits per heavy atom. The van der Waals surface area contributed by atoms with E-state index in [0.717, 1.165) is 6.54 Å². The largest absolute Gasteiger partial charge is 0.417 e. The van der Waals surface area contributed by atoms with E-state index < -0.39 is 24.1 Å². The molecule has 1 aliphatic heterocycles. The second-order valence-electron chi connectivity index (χ2n) is 7.39. The number of aliphatic hydroxyl groups is 1. The lowest BCUT2D eigenvalue weighted by Crippen LogP contribution is -3.13. The standard InChI is InChI=1S/C20H23F3N2O2/c1-19(27,20(21,22)23)13-18(26)25-11-9-24(10-12-25)14-16-7-4-6-15-5-2-3-8-17(15)16/h2-8,27H,9-14H2,1H3/p+1/t19-/m1/s1. The zero-order chi connectivity index (χ0) is 19.7. The van der Waals surface area contributed by atoms with Crippen LogP contribution in [-0.2, 0) is 11.3 Å². The molecular weight excluding hydrogens is 357 g/mol. The average Bonchev–Trinajstić information content (AvgIpc) is 2.61. The van der Waals surface area contributed by atoms with Crippen LogP contribution in [0.4, 0.5) is 13.2 Å². The Balaban J connectivity index is 1.58. The maximum Gasteiger partial charge on any atom is 0.417 e. The molecule has 0 aromatic heterocycles. The summed E-state index contributed by atoms with van der Waals surface area (Å²) in [6.07, 6.45) is -5.75. The Morgan fingerprint density at radius 3 is 2.41 bits per heavy atom. The summed E-state index contributed by atoms with van der Waals surface area (Å²) in [5, 5.41) is 11.9. The fourth-order valence-corrected chi connectivity index (χ4v) is 3.47. The van der Waals surface area contributed by atoms with E-state index in [0.29, 0.717) is 33.1 Å². The average molecular weight is 381 g/mol. The number of nitrogens with one attached hydrogen (secondary N) is 1. The number of hydrogen-bond donors (Lipinski definition) is 2. The van der Waals surface area contributed by atoms with Crippen LogP contribution in [0.2, 0.25) is 0 Å². The number of halogens is 3. The van der Waals surface area contributed by atoms with Crippen molar-refractivity contribution in [1.29, 1.82) is 0 Å². The summed E-state index contributed by atoms with van der Waals surface area (Å²) in [5.41, 5.74) is -1.76. The van der Waals surface area contributed by atoms with E-state index in [4.69, 9.17) is 0 Å². The van der Waals surface area contributed by atoms with E-state index in [1.165, 1.54) is 26.1 Å². The smallest absolute Gasteiger partial charge is 0.380 e. The summed E-state index contributed by atoms with van der Waals surface area (Å²) in [6, 6.07) is 14.3. The van der Waals surface area contributed by atoms with Crippen molar-refractivity contribution in [3.05, 3.63) is 48.0 Å². The van der Waals surface area contributed by atoms with Gasteiger partial charge in [-0.15, -0.1) is 0 Å². The third kappa shape index (κ3) is 4.42. The molecule has 1 heterocycles. The van der Waals surface area contributed by atoms with Gasteiger partial charge in [0.05, 0.1) is 32.6 Å². The highest BCUT2D eigenvalue weighted by Crippen LogP contribution is 2.33. The van der Waals surface area contributed by atoms with Crippen LogP contribution >= 0.6 is 0 Å². The maximum absolute atomic E-state index is 12.8. The fraction of sp³-hybridized carbons (Fsp3) is 0.450. The number of benzene rings is 2. The highest BCUT2D eigenvalue weighted by Gasteiger charge is 2.51. The Labute approximate surface area is 156 Å².